The van der Waals surface area contributed by atoms with Crippen LogP contribution in [0, 0.1) is 11.6 Å². The molecular weight excluding hydrogens is 436 g/mol. The largest absolute Gasteiger partial charge is 0.349 e. The summed E-state index contributed by atoms with van der Waals surface area (Å²) in [4.78, 5) is 23.8. The van der Waals surface area contributed by atoms with Crippen molar-refractivity contribution in [1.29, 1.82) is 0 Å². The van der Waals surface area contributed by atoms with Crippen LogP contribution >= 0.6 is 0 Å². The number of carbonyl (C=O) groups is 1. The van der Waals surface area contributed by atoms with Gasteiger partial charge < -0.3 is 10.2 Å². The van der Waals surface area contributed by atoms with Crippen LogP contribution in [0.4, 0.5) is 19.4 Å². The monoisotopic (exact) mass is 461 g/mol. The second-order valence-corrected chi connectivity index (χ2v) is 8.47. The molecule has 0 bridgehead atoms. The number of rotatable bonds is 6. The number of hydrogen-bond acceptors (Lipinski definition) is 4. The molecule has 34 heavy (non-hydrogen) atoms. The van der Waals surface area contributed by atoms with Crippen molar-refractivity contribution in [3.05, 3.63) is 89.8 Å². The molecule has 1 aliphatic heterocycles. The molecule has 1 amide bonds. The lowest BCUT2D eigenvalue weighted by Gasteiger charge is -2.26. The third kappa shape index (κ3) is 4.48. The zero-order valence-electron chi connectivity index (χ0n) is 18.6. The highest BCUT2D eigenvalue weighted by atomic mass is 19.1. The Bertz CT molecular complexity index is 1310. The minimum absolute atomic E-state index is 0.297. The molecule has 1 saturated heterocycles. The lowest BCUT2D eigenvalue weighted by Crippen LogP contribution is -2.29. The lowest BCUT2D eigenvalue weighted by atomic mass is 10.0. The van der Waals surface area contributed by atoms with E-state index in [1.54, 1.807) is 6.07 Å². The van der Waals surface area contributed by atoms with Crippen molar-refractivity contribution in [2.24, 2.45) is 0 Å². The van der Waals surface area contributed by atoms with Gasteiger partial charge in [0.1, 0.15) is 29.3 Å². The van der Waals surface area contributed by atoms with Gasteiger partial charge in [-0.1, -0.05) is 30.3 Å². The van der Waals surface area contributed by atoms with Crippen LogP contribution < -0.4 is 10.2 Å². The van der Waals surface area contributed by atoms with E-state index < -0.39 is 11.6 Å². The average molecular weight is 462 g/mol. The van der Waals surface area contributed by atoms with E-state index in [0.29, 0.717) is 42.1 Å². The second kappa shape index (κ2) is 9.59. The summed E-state index contributed by atoms with van der Waals surface area (Å²) in [7, 11) is 0. The van der Waals surface area contributed by atoms with E-state index in [1.165, 1.54) is 22.5 Å². The van der Waals surface area contributed by atoms with Gasteiger partial charge >= 0.3 is 6.03 Å². The summed E-state index contributed by atoms with van der Waals surface area (Å²) >= 11 is 0. The lowest BCUT2D eigenvalue weighted by molar-refractivity contribution is 0.243. The number of aromatic nitrogens is 3. The van der Waals surface area contributed by atoms with Crippen LogP contribution in [0.5, 0.6) is 0 Å². The molecule has 0 spiro atoms. The Labute approximate surface area is 196 Å². The molecule has 5 rings (SSSR count). The van der Waals surface area contributed by atoms with E-state index in [1.807, 2.05) is 29.2 Å². The van der Waals surface area contributed by atoms with E-state index in [4.69, 9.17) is 4.98 Å². The third-order valence-corrected chi connectivity index (χ3v) is 6.22. The first-order valence-corrected chi connectivity index (χ1v) is 11.5. The first-order chi connectivity index (χ1) is 16.6. The summed E-state index contributed by atoms with van der Waals surface area (Å²) in [5.41, 5.74) is 2.58. The quantitative estimate of drug-likeness (QED) is 0.399. The van der Waals surface area contributed by atoms with Crippen LogP contribution in [-0.2, 0) is 6.42 Å². The van der Waals surface area contributed by atoms with Gasteiger partial charge in [-0.3, -0.25) is 0 Å². The van der Waals surface area contributed by atoms with Crippen molar-refractivity contribution in [1.82, 2.24) is 19.9 Å². The molecule has 1 fully saturated rings. The van der Waals surface area contributed by atoms with Crippen LogP contribution in [0.25, 0.3) is 11.2 Å². The van der Waals surface area contributed by atoms with E-state index in [2.05, 4.69) is 22.4 Å². The Hall–Kier alpha value is -3.81. The van der Waals surface area contributed by atoms with Crippen LogP contribution in [0.1, 0.15) is 36.4 Å². The molecule has 0 saturated carbocycles. The van der Waals surface area contributed by atoms with Crippen molar-refractivity contribution < 1.29 is 13.6 Å². The molecule has 8 heteroatoms. The predicted octanol–water partition coefficient (Wildman–Crippen LogP) is 5.24. The normalized spacial score (nSPS) is 15.7. The molecule has 3 heterocycles. The maximum absolute atomic E-state index is 14.5. The van der Waals surface area contributed by atoms with Crippen molar-refractivity contribution in [2.75, 3.05) is 18.0 Å². The molecule has 0 unspecified atom stereocenters. The van der Waals surface area contributed by atoms with Crippen molar-refractivity contribution in [3.8, 4) is 0 Å². The van der Waals surface area contributed by atoms with Crippen molar-refractivity contribution in [3.63, 3.8) is 0 Å². The molecular formula is C26H25F2N5O. The van der Waals surface area contributed by atoms with Gasteiger partial charge in [-0.25, -0.2) is 28.1 Å². The van der Waals surface area contributed by atoms with Gasteiger partial charge in [0, 0.05) is 18.7 Å². The summed E-state index contributed by atoms with van der Waals surface area (Å²) < 4.78 is 29.7. The zero-order chi connectivity index (χ0) is 23.5. The number of anilines is 1. The first-order valence-electron chi connectivity index (χ1n) is 11.5. The number of carbonyl (C=O) groups excluding carboxylic acids is 1. The average Bonchev–Trinajstić information content (AvgIpc) is 3.51. The summed E-state index contributed by atoms with van der Waals surface area (Å²) in [6.45, 7) is 1.19. The van der Waals surface area contributed by atoms with E-state index in [0.717, 1.165) is 31.4 Å². The smallest absolute Gasteiger partial charge is 0.328 e. The zero-order valence-corrected chi connectivity index (χ0v) is 18.6. The number of amides is 1. The topological polar surface area (TPSA) is 63.1 Å². The number of imidazole rings is 1. The fraction of sp³-hybridized carbons (Fsp3) is 0.269. The fourth-order valence-corrected chi connectivity index (χ4v) is 4.54. The molecule has 0 aliphatic carbocycles. The number of halogens is 2. The fourth-order valence-electron chi connectivity index (χ4n) is 4.54. The first kappa shape index (κ1) is 22.0. The number of nitrogens with one attached hydrogen (secondary N) is 1. The number of hydrogen-bond donors (Lipinski definition) is 1. The summed E-state index contributed by atoms with van der Waals surface area (Å²) in [5, 5.41) is 2.92. The Kier molecular flexibility index (Phi) is 6.20. The molecule has 4 aromatic rings. The molecule has 0 radical (unpaired) electrons. The Morgan fingerprint density at radius 1 is 1.09 bits per heavy atom. The van der Waals surface area contributed by atoms with Gasteiger partial charge in [-0.15, -0.1) is 0 Å². The predicted molar refractivity (Wildman–Crippen MR) is 127 cm³/mol. The summed E-state index contributed by atoms with van der Waals surface area (Å²) in [6, 6.07) is 16.7. The molecule has 6 nitrogen and oxygen atoms in total. The van der Waals surface area contributed by atoms with E-state index >= 15 is 0 Å². The second-order valence-electron chi connectivity index (χ2n) is 8.47. The highest BCUT2D eigenvalue weighted by molar-refractivity contribution is 5.87. The molecule has 2 aromatic carbocycles. The van der Waals surface area contributed by atoms with Gasteiger partial charge in [-0.05, 0) is 61.6 Å². The molecule has 174 valence electrons. The third-order valence-electron chi connectivity index (χ3n) is 6.22. The van der Waals surface area contributed by atoms with Gasteiger partial charge in [0.25, 0.3) is 0 Å². The van der Waals surface area contributed by atoms with E-state index in [9.17, 15) is 13.6 Å². The van der Waals surface area contributed by atoms with Gasteiger partial charge in [0.2, 0.25) is 0 Å². The van der Waals surface area contributed by atoms with Crippen molar-refractivity contribution >= 4 is 23.0 Å². The van der Waals surface area contributed by atoms with Gasteiger partial charge in [-0.2, -0.15) is 0 Å². The van der Waals surface area contributed by atoms with E-state index in [-0.39, 0.29) is 12.1 Å². The van der Waals surface area contributed by atoms with Gasteiger partial charge in [0.15, 0.2) is 5.65 Å². The number of nitrogens with zero attached hydrogens (tertiary/aromatic N) is 4. The van der Waals surface area contributed by atoms with Crippen molar-refractivity contribution in [2.45, 2.75) is 31.7 Å². The van der Waals surface area contributed by atoms with Crippen LogP contribution in [0.3, 0.4) is 0 Å². The SMILES string of the molecule is O=C(NCCCc1ccccc1)n1cnc2ccc(N3CCC[C@@H]3c3cc(F)ccc3F)nc21. The maximum Gasteiger partial charge on any atom is 0.328 e. The van der Waals surface area contributed by atoms with Crippen LogP contribution in [0.15, 0.2) is 67.0 Å². The number of benzene rings is 2. The van der Waals surface area contributed by atoms with Crippen LogP contribution in [-0.4, -0.2) is 33.7 Å². The minimum Gasteiger partial charge on any atom is -0.349 e. The highest BCUT2D eigenvalue weighted by Crippen LogP contribution is 2.37. The number of aryl methyl sites for hydroxylation is 1. The maximum atomic E-state index is 14.5. The van der Waals surface area contributed by atoms with Gasteiger partial charge in [0.05, 0.1) is 6.04 Å². The Balaban J connectivity index is 1.32. The minimum atomic E-state index is -0.464. The Morgan fingerprint density at radius 2 is 1.94 bits per heavy atom. The Morgan fingerprint density at radius 3 is 2.79 bits per heavy atom. The molecule has 1 aliphatic rings. The summed E-state index contributed by atoms with van der Waals surface area (Å²) in [5.74, 6) is -0.287. The van der Waals surface area contributed by atoms with Crippen LogP contribution in [0.2, 0.25) is 0 Å². The number of pyridine rings is 1. The highest BCUT2D eigenvalue weighted by Gasteiger charge is 2.30. The number of fused-ring (bicyclic) bond motifs is 1. The summed E-state index contributed by atoms with van der Waals surface area (Å²) in [6.07, 6.45) is 4.68. The molecule has 2 aromatic heterocycles. The molecule has 1 atom stereocenters. The molecule has 1 N–H and O–H groups in total. The standard InChI is InChI=1S/C26H25F2N5O/c27-19-10-11-21(28)20(16-19)23-9-5-15-32(23)24-13-12-22-25(31-24)33(17-30-22)26(34)29-14-4-8-18-6-2-1-3-7-18/h1-3,6-7,10-13,16-17,23H,4-5,8-9,14-15H2,(H,29,34)/t23-/m1/s1.